The van der Waals surface area contributed by atoms with E-state index in [1.54, 1.807) is 24.3 Å². The van der Waals surface area contributed by atoms with Crippen LogP contribution in [0.3, 0.4) is 0 Å². The van der Waals surface area contributed by atoms with Crippen molar-refractivity contribution in [2.45, 2.75) is 19.4 Å². The van der Waals surface area contributed by atoms with E-state index in [1.807, 2.05) is 30.3 Å². The minimum absolute atomic E-state index is 0.0574. The average molecular weight is 349 g/mol. The van der Waals surface area contributed by atoms with Crippen LogP contribution in [0.4, 0.5) is 5.69 Å². The van der Waals surface area contributed by atoms with Crippen LogP contribution in [-0.2, 0) is 16.1 Å². The highest BCUT2D eigenvalue weighted by Gasteiger charge is 2.29. The Morgan fingerprint density at radius 2 is 1.92 bits per heavy atom. The summed E-state index contributed by atoms with van der Waals surface area (Å²) in [5, 5.41) is 14.4. The molecule has 0 atom stereocenters. The molecule has 0 bridgehead atoms. The van der Waals surface area contributed by atoms with Crippen molar-refractivity contribution in [2.75, 3.05) is 11.9 Å². The Hall–Kier alpha value is -3.33. The quantitative estimate of drug-likeness (QED) is 0.804. The second-order valence-corrected chi connectivity index (χ2v) is 6.17. The van der Waals surface area contributed by atoms with Gasteiger partial charge in [-0.3, -0.25) is 9.59 Å². The van der Waals surface area contributed by atoms with Crippen LogP contribution >= 0.6 is 0 Å². The van der Waals surface area contributed by atoms with Crippen LogP contribution in [0.2, 0.25) is 0 Å². The average Bonchev–Trinajstić information content (AvgIpc) is 3.51. The highest BCUT2D eigenvalue weighted by atomic mass is 16.5. The lowest BCUT2D eigenvalue weighted by Gasteiger charge is -2.09. The molecule has 2 aromatic carbocycles. The third kappa shape index (κ3) is 5.08. The molecule has 1 saturated carbocycles. The van der Waals surface area contributed by atoms with Crippen molar-refractivity contribution in [1.82, 2.24) is 5.32 Å². The maximum atomic E-state index is 11.9. The van der Waals surface area contributed by atoms with Crippen molar-refractivity contribution in [3.63, 3.8) is 0 Å². The first-order valence-corrected chi connectivity index (χ1v) is 8.43. The van der Waals surface area contributed by atoms with Crippen molar-refractivity contribution < 1.29 is 14.3 Å². The lowest BCUT2D eigenvalue weighted by Crippen LogP contribution is -2.28. The Kier molecular flexibility index (Phi) is 5.49. The summed E-state index contributed by atoms with van der Waals surface area (Å²) >= 11 is 0. The number of anilines is 1. The van der Waals surface area contributed by atoms with E-state index >= 15 is 0 Å². The number of rotatable bonds is 7. The first kappa shape index (κ1) is 17.5. The second kappa shape index (κ2) is 8.17. The van der Waals surface area contributed by atoms with Gasteiger partial charge in [0.15, 0.2) is 6.61 Å². The van der Waals surface area contributed by atoms with Gasteiger partial charge in [-0.2, -0.15) is 5.26 Å². The van der Waals surface area contributed by atoms with Crippen LogP contribution in [0, 0.1) is 17.2 Å². The summed E-state index contributed by atoms with van der Waals surface area (Å²) in [5.41, 5.74) is 2.17. The number of carbonyl (C=O) groups is 2. The van der Waals surface area contributed by atoms with Gasteiger partial charge in [0.05, 0.1) is 11.6 Å². The summed E-state index contributed by atoms with van der Waals surface area (Å²) in [4.78, 5) is 23.7. The summed E-state index contributed by atoms with van der Waals surface area (Å²) in [6.07, 6.45) is 1.92. The highest BCUT2D eigenvalue weighted by molar-refractivity contribution is 5.94. The number of benzene rings is 2. The van der Waals surface area contributed by atoms with Gasteiger partial charge < -0.3 is 15.4 Å². The lowest BCUT2D eigenvalue weighted by atomic mass is 10.2. The fourth-order valence-electron chi connectivity index (χ4n) is 2.38. The van der Waals surface area contributed by atoms with Crippen LogP contribution < -0.4 is 15.4 Å². The molecule has 0 saturated heterocycles. The van der Waals surface area contributed by atoms with Gasteiger partial charge in [0.1, 0.15) is 5.75 Å². The Morgan fingerprint density at radius 3 is 2.62 bits per heavy atom. The second-order valence-electron chi connectivity index (χ2n) is 6.17. The predicted molar refractivity (Wildman–Crippen MR) is 96.3 cm³/mol. The number of hydrogen-bond donors (Lipinski definition) is 2. The van der Waals surface area contributed by atoms with Gasteiger partial charge in [0, 0.05) is 18.2 Å². The lowest BCUT2D eigenvalue weighted by molar-refractivity contribution is -0.123. The Bertz CT molecular complexity index is 836. The van der Waals surface area contributed by atoms with Crippen LogP contribution in [0.5, 0.6) is 5.75 Å². The Labute approximate surface area is 151 Å². The maximum Gasteiger partial charge on any atom is 0.258 e. The van der Waals surface area contributed by atoms with Crippen molar-refractivity contribution in [3.8, 4) is 11.8 Å². The van der Waals surface area contributed by atoms with E-state index in [0.717, 1.165) is 24.1 Å². The number of hydrogen-bond acceptors (Lipinski definition) is 4. The molecule has 2 N–H and O–H groups in total. The minimum Gasteiger partial charge on any atom is -0.484 e. The SMILES string of the molecule is N#Cc1ccc(OCC(=O)NCc2cccc(NC(=O)C3CC3)c2)cc1. The summed E-state index contributed by atoms with van der Waals surface area (Å²) in [7, 11) is 0. The number of ether oxygens (including phenoxy) is 1. The first-order chi connectivity index (χ1) is 12.6. The maximum absolute atomic E-state index is 11.9. The van der Waals surface area contributed by atoms with Crippen molar-refractivity contribution in [2.24, 2.45) is 5.92 Å². The van der Waals surface area contributed by atoms with Crippen molar-refractivity contribution in [1.29, 1.82) is 5.26 Å². The number of nitriles is 1. The van der Waals surface area contributed by atoms with Crippen LogP contribution in [0.25, 0.3) is 0 Å². The molecule has 1 aliphatic rings. The molecule has 26 heavy (non-hydrogen) atoms. The summed E-state index contributed by atoms with van der Waals surface area (Å²) < 4.78 is 5.39. The number of nitrogens with zero attached hydrogens (tertiary/aromatic N) is 1. The van der Waals surface area contributed by atoms with Crippen LogP contribution in [-0.4, -0.2) is 18.4 Å². The zero-order chi connectivity index (χ0) is 18.4. The molecule has 0 aliphatic heterocycles. The largest absolute Gasteiger partial charge is 0.484 e. The third-order valence-electron chi connectivity index (χ3n) is 3.99. The zero-order valence-corrected chi connectivity index (χ0v) is 14.2. The number of carbonyl (C=O) groups excluding carboxylic acids is 2. The van der Waals surface area contributed by atoms with Gasteiger partial charge >= 0.3 is 0 Å². The van der Waals surface area contributed by atoms with Crippen LogP contribution in [0.1, 0.15) is 24.0 Å². The van der Waals surface area contributed by atoms with E-state index in [9.17, 15) is 9.59 Å². The molecule has 1 fully saturated rings. The molecule has 2 aromatic rings. The summed E-state index contributed by atoms with van der Waals surface area (Å²) in [6, 6.07) is 16.0. The summed E-state index contributed by atoms with van der Waals surface area (Å²) in [6.45, 7) is 0.243. The van der Waals surface area contributed by atoms with Gasteiger partial charge in [-0.15, -0.1) is 0 Å². The van der Waals surface area contributed by atoms with Gasteiger partial charge in [0.25, 0.3) is 5.91 Å². The fourth-order valence-corrected chi connectivity index (χ4v) is 2.38. The Morgan fingerprint density at radius 1 is 1.15 bits per heavy atom. The van der Waals surface area contributed by atoms with Gasteiger partial charge in [0.2, 0.25) is 5.91 Å². The molecule has 0 unspecified atom stereocenters. The van der Waals surface area contributed by atoms with Gasteiger partial charge in [-0.25, -0.2) is 0 Å². The van der Waals surface area contributed by atoms with E-state index in [-0.39, 0.29) is 24.3 Å². The molecular formula is C20H19N3O3. The smallest absolute Gasteiger partial charge is 0.258 e. The molecule has 3 rings (SSSR count). The highest BCUT2D eigenvalue weighted by Crippen LogP contribution is 2.30. The van der Waals surface area contributed by atoms with Gasteiger partial charge in [-0.05, 0) is 54.8 Å². The molecular weight excluding hydrogens is 330 g/mol. The number of nitrogens with one attached hydrogen (secondary N) is 2. The van der Waals surface area contributed by atoms with E-state index in [2.05, 4.69) is 10.6 Å². The molecule has 6 heteroatoms. The molecule has 1 aliphatic carbocycles. The monoisotopic (exact) mass is 349 g/mol. The molecule has 0 aromatic heterocycles. The molecule has 6 nitrogen and oxygen atoms in total. The molecule has 0 radical (unpaired) electrons. The van der Waals surface area contributed by atoms with E-state index in [4.69, 9.17) is 10.00 Å². The van der Waals surface area contributed by atoms with Crippen molar-refractivity contribution in [3.05, 3.63) is 59.7 Å². The normalized spacial score (nSPS) is 12.7. The predicted octanol–water partition coefficient (Wildman–Crippen LogP) is 2.60. The molecule has 132 valence electrons. The molecule has 0 spiro atoms. The minimum atomic E-state index is -0.248. The van der Waals surface area contributed by atoms with E-state index in [1.165, 1.54) is 0 Å². The molecule has 0 heterocycles. The van der Waals surface area contributed by atoms with Crippen molar-refractivity contribution >= 4 is 17.5 Å². The fraction of sp³-hybridized carbons (Fsp3) is 0.250. The first-order valence-electron chi connectivity index (χ1n) is 8.43. The third-order valence-corrected chi connectivity index (χ3v) is 3.99. The zero-order valence-electron chi connectivity index (χ0n) is 14.2. The van der Waals surface area contributed by atoms with E-state index in [0.29, 0.717) is 17.9 Å². The summed E-state index contributed by atoms with van der Waals surface area (Å²) in [5.74, 6) is 0.491. The topological polar surface area (TPSA) is 91.2 Å². The Balaban J connectivity index is 1.44. The van der Waals surface area contributed by atoms with Crippen LogP contribution in [0.15, 0.2) is 48.5 Å². The molecule has 2 amide bonds. The number of amides is 2. The standard InChI is InChI=1S/C20H19N3O3/c21-11-14-4-8-18(9-5-14)26-13-19(24)22-12-15-2-1-3-17(10-15)23-20(25)16-6-7-16/h1-5,8-10,16H,6-7,12-13H2,(H,22,24)(H,23,25). The van der Waals surface area contributed by atoms with E-state index < -0.39 is 0 Å². The van der Waals surface area contributed by atoms with Gasteiger partial charge in [-0.1, -0.05) is 12.1 Å².